The summed E-state index contributed by atoms with van der Waals surface area (Å²) in [6, 6.07) is 11.3. The smallest absolute Gasteiger partial charge is 0.248 e. The molecule has 2 aromatic rings. The Balaban J connectivity index is 2.55. The molecule has 0 spiro atoms. The Morgan fingerprint density at radius 2 is 2.00 bits per heavy atom. The number of amides is 1. The van der Waals surface area contributed by atoms with Gasteiger partial charge in [-0.2, -0.15) is 0 Å². The van der Waals surface area contributed by atoms with E-state index >= 15 is 0 Å². The van der Waals surface area contributed by atoms with Crippen molar-refractivity contribution in [1.82, 2.24) is 4.98 Å². The Bertz CT molecular complexity index is 576. The monoisotopic (exact) mass is 240 g/mol. The minimum absolute atomic E-state index is 0.332. The van der Waals surface area contributed by atoms with E-state index in [1.807, 2.05) is 30.3 Å². The molecular formula is C15H16N2O. The molecule has 18 heavy (non-hydrogen) atoms. The molecule has 1 aromatic carbocycles. The number of primary amides is 1. The van der Waals surface area contributed by atoms with Gasteiger partial charge in [-0.1, -0.05) is 32.0 Å². The van der Waals surface area contributed by atoms with Gasteiger partial charge >= 0.3 is 0 Å². The highest BCUT2D eigenvalue weighted by Gasteiger charge is 2.10. The van der Waals surface area contributed by atoms with Gasteiger partial charge < -0.3 is 5.73 Å². The second-order valence-corrected chi connectivity index (χ2v) is 4.54. The summed E-state index contributed by atoms with van der Waals surface area (Å²) in [5, 5.41) is 0. The van der Waals surface area contributed by atoms with E-state index in [2.05, 4.69) is 18.8 Å². The zero-order valence-electron chi connectivity index (χ0n) is 10.6. The molecule has 0 fully saturated rings. The molecule has 0 unspecified atom stereocenters. The maximum Gasteiger partial charge on any atom is 0.248 e. The number of hydrogen-bond donors (Lipinski definition) is 1. The highest BCUT2D eigenvalue weighted by Crippen LogP contribution is 2.27. The van der Waals surface area contributed by atoms with Crippen LogP contribution < -0.4 is 5.73 Å². The van der Waals surface area contributed by atoms with E-state index in [1.54, 1.807) is 12.3 Å². The molecule has 92 valence electrons. The second kappa shape index (κ2) is 5.00. The Kier molecular flexibility index (Phi) is 3.42. The molecule has 2 N–H and O–H groups in total. The summed E-state index contributed by atoms with van der Waals surface area (Å²) >= 11 is 0. The molecule has 0 aliphatic rings. The van der Waals surface area contributed by atoms with Crippen LogP contribution in [0.4, 0.5) is 0 Å². The van der Waals surface area contributed by atoms with Crippen LogP contribution in [0.5, 0.6) is 0 Å². The fourth-order valence-corrected chi connectivity index (χ4v) is 1.96. The van der Waals surface area contributed by atoms with E-state index in [-0.39, 0.29) is 0 Å². The fraction of sp³-hybridized carbons (Fsp3) is 0.200. The Morgan fingerprint density at radius 3 is 2.67 bits per heavy atom. The third-order valence-corrected chi connectivity index (χ3v) is 2.84. The molecule has 1 aromatic heterocycles. The van der Waals surface area contributed by atoms with Crippen molar-refractivity contribution in [3.05, 3.63) is 53.9 Å². The van der Waals surface area contributed by atoms with Gasteiger partial charge in [0.2, 0.25) is 5.91 Å². The van der Waals surface area contributed by atoms with Crippen molar-refractivity contribution < 1.29 is 4.79 Å². The molecule has 0 aliphatic carbocycles. The number of carbonyl (C=O) groups is 1. The number of nitrogens with zero attached hydrogens (tertiary/aromatic N) is 1. The number of benzene rings is 1. The molecule has 1 heterocycles. The third kappa shape index (κ3) is 2.40. The first-order valence-electron chi connectivity index (χ1n) is 5.94. The average molecular weight is 240 g/mol. The summed E-state index contributed by atoms with van der Waals surface area (Å²) in [5.41, 5.74) is 8.88. The van der Waals surface area contributed by atoms with E-state index < -0.39 is 5.91 Å². The summed E-state index contributed by atoms with van der Waals surface area (Å²) in [5.74, 6) is -0.0785. The lowest BCUT2D eigenvalue weighted by molar-refractivity contribution is 0.100. The van der Waals surface area contributed by atoms with Crippen LogP contribution in [0.3, 0.4) is 0 Å². The highest BCUT2D eigenvalue weighted by atomic mass is 16.1. The predicted molar refractivity (Wildman–Crippen MR) is 72.3 cm³/mol. The Hall–Kier alpha value is -2.16. The second-order valence-electron chi connectivity index (χ2n) is 4.54. The first-order valence-corrected chi connectivity index (χ1v) is 5.94. The van der Waals surface area contributed by atoms with Gasteiger partial charge in [0.25, 0.3) is 0 Å². The first-order chi connectivity index (χ1) is 8.59. The first kappa shape index (κ1) is 12.3. The number of nitrogens with two attached hydrogens (primary N) is 1. The third-order valence-electron chi connectivity index (χ3n) is 2.84. The lowest BCUT2D eigenvalue weighted by atomic mass is 9.96. The lowest BCUT2D eigenvalue weighted by Gasteiger charge is -2.11. The van der Waals surface area contributed by atoms with Crippen LogP contribution in [0.25, 0.3) is 11.1 Å². The molecule has 0 saturated carbocycles. The molecule has 1 amide bonds. The van der Waals surface area contributed by atoms with Crippen molar-refractivity contribution in [3.8, 4) is 11.1 Å². The fourth-order valence-electron chi connectivity index (χ4n) is 1.96. The number of pyridine rings is 1. The molecular weight excluding hydrogens is 224 g/mol. The van der Waals surface area contributed by atoms with Gasteiger partial charge in [0.05, 0.1) is 5.69 Å². The van der Waals surface area contributed by atoms with Crippen molar-refractivity contribution >= 4 is 5.91 Å². The molecule has 0 radical (unpaired) electrons. The van der Waals surface area contributed by atoms with Gasteiger partial charge in [-0.3, -0.25) is 9.78 Å². The minimum atomic E-state index is -0.410. The van der Waals surface area contributed by atoms with Crippen molar-refractivity contribution in [3.63, 3.8) is 0 Å². The van der Waals surface area contributed by atoms with Gasteiger partial charge in [0.15, 0.2) is 0 Å². The van der Waals surface area contributed by atoms with Crippen LogP contribution in [-0.2, 0) is 0 Å². The van der Waals surface area contributed by atoms with Gasteiger partial charge in [-0.15, -0.1) is 0 Å². The van der Waals surface area contributed by atoms with Gasteiger partial charge in [0.1, 0.15) is 0 Å². The summed E-state index contributed by atoms with van der Waals surface area (Å²) in [6.45, 7) is 4.20. The van der Waals surface area contributed by atoms with Crippen molar-refractivity contribution in [1.29, 1.82) is 0 Å². The van der Waals surface area contributed by atoms with Crippen molar-refractivity contribution in [2.45, 2.75) is 19.8 Å². The van der Waals surface area contributed by atoms with Crippen LogP contribution >= 0.6 is 0 Å². The number of carbonyl (C=O) groups excluding carboxylic acids is 1. The van der Waals surface area contributed by atoms with Gasteiger partial charge in [-0.25, -0.2) is 0 Å². The van der Waals surface area contributed by atoms with Crippen LogP contribution in [0.15, 0.2) is 42.6 Å². The normalized spacial score (nSPS) is 10.6. The summed E-state index contributed by atoms with van der Waals surface area (Å²) < 4.78 is 0. The zero-order chi connectivity index (χ0) is 13.1. The summed E-state index contributed by atoms with van der Waals surface area (Å²) in [4.78, 5) is 15.6. The van der Waals surface area contributed by atoms with Crippen LogP contribution in [0, 0.1) is 0 Å². The van der Waals surface area contributed by atoms with Crippen LogP contribution in [0.1, 0.15) is 35.8 Å². The summed E-state index contributed by atoms with van der Waals surface area (Å²) in [7, 11) is 0. The molecule has 0 aliphatic heterocycles. The van der Waals surface area contributed by atoms with Gasteiger partial charge in [0, 0.05) is 17.3 Å². The number of aromatic nitrogens is 1. The van der Waals surface area contributed by atoms with Crippen molar-refractivity contribution in [2.75, 3.05) is 0 Å². The topological polar surface area (TPSA) is 56.0 Å². The molecule has 0 saturated heterocycles. The van der Waals surface area contributed by atoms with E-state index in [4.69, 9.17) is 5.73 Å². The molecule has 2 rings (SSSR count). The van der Waals surface area contributed by atoms with Crippen LogP contribution in [0.2, 0.25) is 0 Å². The van der Waals surface area contributed by atoms with E-state index in [0.717, 1.165) is 16.8 Å². The Labute approximate surface area is 107 Å². The quantitative estimate of drug-likeness (QED) is 0.896. The Morgan fingerprint density at radius 1 is 1.22 bits per heavy atom. The van der Waals surface area contributed by atoms with Crippen LogP contribution in [-0.4, -0.2) is 10.9 Å². The van der Waals surface area contributed by atoms with Crippen molar-refractivity contribution in [2.24, 2.45) is 5.73 Å². The number of hydrogen-bond acceptors (Lipinski definition) is 2. The van der Waals surface area contributed by atoms with Gasteiger partial charge in [-0.05, 0) is 29.7 Å². The maximum absolute atomic E-state index is 11.2. The lowest BCUT2D eigenvalue weighted by Crippen LogP contribution is -2.10. The molecule has 0 atom stereocenters. The minimum Gasteiger partial charge on any atom is -0.366 e. The molecule has 0 bridgehead atoms. The largest absolute Gasteiger partial charge is 0.366 e. The SMILES string of the molecule is CC(C)c1ncccc1-c1cccc(C(N)=O)c1. The number of rotatable bonds is 3. The summed E-state index contributed by atoms with van der Waals surface area (Å²) in [6.07, 6.45) is 1.79. The maximum atomic E-state index is 11.2. The average Bonchev–Trinajstić information content (AvgIpc) is 2.39. The zero-order valence-corrected chi connectivity index (χ0v) is 10.6. The molecule has 3 nitrogen and oxygen atoms in total. The molecule has 3 heteroatoms. The standard InChI is InChI=1S/C15H16N2O/c1-10(2)14-13(7-4-8-17-14)11-5-3-6-12(9-11)15(16)18/h3-10H,1-2H3,(H2,16,18). The van der Waals surface area contributed by atoms with E-state index in [1.165, 1.54) is 0 Å². The predicted octanol–water partition coefficient (Wildman–Crippen LogP) is 2.97. The van der Waals surface area contributed by atoms with E-state index in [9.17, 15) is 4.79 Å². The highest BCUT2D eigenvalue weighted by molar-refractivity contribution is 5.94. The van der Waals surface area contributed by atoms with E-state index in [0.29, 0.717) is 11.5 Å².